The zero-order valence-electron chi connectivity index (χ0n) is 11.9. The highest BCUT2D eigenvalue weighted by Gasteiger charge is 2.36. The summed E-state index contributed by atoms with van der Waals surface area (Å²) in [4.78, 5) is 0. The van der Waals surface area contributed by atoms with Crippen molar-refractivity contribution >= 4 is 10.2 Å². The zero-order valence-corrected chi connectivity index (χ0v) is 12.7. The lowest BCUT2D eigenvalue weighted by atomic mass is 10.0. The summed E-state index contributed by atoms with van der Waals surface area (Å²) in [6.07, 6.45) is 6.20. The van der Waals surface area contributed by atoms with Gasteiger partial charge in [-0.05, 0) is 31.6 Å². The highest BCUT2D eigenvalue weighted by molar-refractivity contribution is 7.86. The fraction of sp³-hybridized carbons (Fsp3) is 1.00. The first kappa shape index (κ1) is 15.2. The molecule has 6 heteroatoms. The van der Waals surface area contributed by atoms with E-state index in [0.29, 0.717) is 32.1 Å². The summed E-state index contributed by atoms with van der Waals surface area (Å²) in [5, 5.41) is 0. The van der Waals surface area contributed by atoms with Crippen LogP contribution in [-0.2, 0) is 10.2 Å². The Bertz CT molecular complexity index is 371. The van der Waals surface area contributed by atoms with Crippen molar-refractivity contribution in [3.63, 3.8) is 0 Å². The van der Waals surface area contributed by atoms with Crippen LogP contribution in [0.25, 0.3) is 0 Å². The number of rotatable bonds is 5. The molecular weight excluding hydrogens is 262 g/mol. The molecule has 1 saturated heterocycles. The highest BCUT2D eigenvalue weighted by atomic mass is 32.2. The fourth-order valence-corrected chi connectivity index (χ4v) is 5.06. The molecule has 1 aliphatic carbocycles. The van der Waals surface area contributed by atoms with Crippen molar-refractivity contribution in [3.8, 4) is 0 Å². The number of hydrogen-bond acceptors (Lipinski definition) is 3. The average Bonchev–Trinajstić information content (AvgIpc) is 2.89. The van der Waals surface area contributed by atoms with E-state index in [1.165, 1.54) is 0 Å². The van der Waals surface area contributed by atoms with Crippen molar-refractivity contribution in [3.05, 3.63) is 0 Å². The van der Waals surface area contributed by atoms with Crippen LogP contribution in [0.5, 0.6) is 0 Å². The number of nitrogens with zero attached hydrogens (tertiary/aromatic N) is 2. The summed E-state index contributed by atoms with van der Waals surface area (Å²) < 4.78 is 28.9. The molecule has 0 unspecified atom stereocenters. The van der Waals surface area contributed by atoms with Crippen molar-refractivity contribution in [1.82, 2.24) is 8.61 Å². The van der Waals surface area contributed by atoms with Gasteiger partial charge in [0, 0.05) is 32.2 Å². The molecule has 1 saturated carbocycles. The molecule has 0 aromatic rings. The predicted molar refractivity (Wildman–Crippen MR) is 76.9 cm³/mol. The van der Waals surface area contributed by atoms with Crippen LogP contribution in [0.4, 0.5) is 0 Å². The summed E-state index contributed by atoms with van der Waals surface area (Å²) in [6.45, 7) is 4.38. The molecule has 5 nitrogen and oxygen atoms in total. The fourth-order valence-electron chi connectivity index (χ4n) is 3.17. The van der Waals surface area contributed by atoms with Gasteiger partial charge in [0.05, 0.1) is 0 Å². The minimum Gasteiger partial charge on any atom is -0.329 e. The molecule has 19 heavy (non-hydrogen) atoms. The van der Waals surface area contributed by atoms with Crippen molar-refractivity contribution < 1.29 is 8.42 Å². The van der Waals surface area contributed by atoms with E-state index in [1.807, 2.05) is 0 Å². The van der Waals surface area contributed by atoms with Crippen LogP contribution in [0.15, 0.2) is 0 Å². The van der Waals surface area contributed by atoms with Gasteiger partial charge in [-0.15, -0.1) is 0 Å². The van der Waals surface area contributed by atoms with E-state index in [1.54, 1.807) is 8.61 Å². The molecule has 1 heterocycles. The molecule has 0 bridgehead atoms. The van der Waals surface area contributed by atoms with Gasteiger partial charge in [-0.2, -0.15) is 17.0 Å². The molecule has 2 aliphatic rings. The standard InChI is InChI=1S/C13H27N3O2S/c1-12-6-9-15(10-7-12)19(17,18)16(11-8-14)13-4-2-3-5-13/h12-13H,2-11,14H2,1H3. The minimum atomic E-state index is -3.31. The molecule has 112 valence electrons. The van der Waals surface area contributed by atoms with Crippen LogP contribution >= 0.6 is 0 Å². The van der Waals surface area contributed by atoms with E-state index in [2.05, 4.69) is 6.92 Å². The molecule has 1 aliphatic heterocycles. The second-order valence-electron chi connectivity index (χ2n) is 5.93. The lowest BCUT2D eigenvalue weighted by Gasteiger charge is -2.36. The summed E-state index contributed by atoms with van der Waals surface area (Å²) in [7, 11) is -3.31. The van der Waals surface area contributed by atoms with Crippen LogP contribution in [0.1, 0.15) is 45.4 Å². The maximum atomic E-state index is 12.8. The molecule has 0 aromatic heterocycles. The van der Waals surface area contributed by atoms with Crippen molar-refractivity contribution in [2.24, 2.45) is 11.7 Å². The summed E-state index contributed by atoms with van der Waals surface area (Å²) >= 11 is 0. The van der Waals surface area contributed by atoms with Gasteiger partial charge < -0.3 is 5.73 Å². The molecule has 0 aromatic carbocycles. The predicted octanol–water partition coefficient (Wildman–Crippen LogP) is 1.17. The smallest absolute Gasteiger partial charge is 0.282 e. The SMILES string of the molecule is CC1CCN(S(=O)(=O)N(CCN)C2CCCC2)CC1. The Morgan fingerprint density at radius 1 is 1.16 bits per heavy atom. The van der Waals surface area contributed by atoms with E-state index in [9.17, 15) is 8.42 Å². The van der Waals surface area contributed by atoms with Gasteiger partial charge in [0.25, 0.3) is 10.2 Å². The maximum absolute atomic E-state index is 12.8. The molecular formula is C13H27N3O2S. The number of piperidine rings is 1. The Kier molecular flexibility index (Phi) is 5.22. The van der Waals surface area contributed by atoms with E-state index in [4.69, 9.17) is 5.73 Å². The molecule has 2 rings (SSSR count). The minimum absolute atomic E-state index is 0.174. The number of nitrogens with two attached hydrogens (primary N) is 1. The third-order valence-electron chi connectivity index (χ3n) is 4.45. The molecule has 2 N–H and O–H groups in total. The largest absolute Gasteiger partial charge is 0.329 e. The Hall–Kier alpha value is -0.170. The van der Waals surface area contributed by atoms with Gasteiger partial charge in [0.15, 0.2) is 0 Å². The highest BCUT2D eigenvalue weighted by Crippen LogP contribution is 2.28. The van der Waals surface area contributed by atoms with Gasteiger partial charge in [0.2, 0.25) is 0 Å². The molecule has 0 radical (unpaired) electrons. The Balaban J connectivity index is 2.09. The third-order valence-corrected chi connectivity index (χ3v) is 6.54. The normalized spacial score (nSPS) is 24.4. The zero-order chi connectivity index (χ0) is 13.9. The van der Waals surface area contributed by atoms with E-state index >= 15 is 0 Å². The van der Waals surface area contributed by atoms with Crippen molar-refractivity contribution in [2.75, 3.05) is 26.2 Å². The number of hydrogen-bond donors (Lipinski definition) is 1. The lowest BCUT2D eigenvalue weighted by Crippen LogP contribution is -2.51. The van der Waals surface area contributed by atoms with E-state index in [0.717, 1.165) is 38.5 Å². The maximum Gasteiger partial charge on any atom is 0.282 e. The summed E-state index contributed by atoms with van der Waals surface area (Å²) in [5.41, 5.74) is 5.62. The van der Waals surface area contributed by atoms with E-state index < -0.39 is 10.2 Å². The second-order valence-corrected chi connectivity index (χ2v) is 7.81. The van der Waals surface area contributed by atoms with Gasteiger partial charge in [-0.1, -0.05) is 19.8 Å². The quantitative estimate of drug-likeness (QED) is 0.826. The van der Waals surface area contributed by atoms with Crippen LogP contribution in [0.2, 0.25) is 0 Å². The Labute approximate surface area is 117 Å². The topological polar surface area (TPSA) is 66.6 Å². The van der Waals surface area contributed by atoms with Gasteiger partial charge in [-0.25, -0.2) is 0 Å². The van der Waals surface area contributed by atoms with Crippen LogP contribution in [0, 0.1) is 5.92 Å². The lowest BCUT2D eigenvalue weighted by molar-refractivity contribution is 0.246. The van der Waals surface area contributed by atoms with Crippen LogP contribution in [-0.4, -0.2) is 49.2 Å². The Morgan fingerprint density at radius 3 is 2.26 bits per heavy atom. The van der Waals surface area contributed by atoms with Crippen molar-refractivity contribution in [1.29, 1.82) is 0 Å². The van der Waals surface area contributed by atoms with Gasteiger partial charge in [-0.3, -0.25) is 0 Å². The van der Waals surface area contributed by atoms with Crippen LogP contribution in [0.3, 0.4) is 0 Å². The summed E-state index contributed by atoms with van der Waals surface area (Å²) in [5.74, 6) is 0.640. The molecule has 0 amide bonds. The van der Waals surface area contributed by atoms with Gasteiger partial charge >= 0.3 is 0 Å². The summed E-state index contributed by atoms with van der Waals surface area (Å²) in [6, 6.07) is 0.174. The monoisotopic (exact) mass is 289 g/mol. The first-order valence-electron chi connectivity index (χ1n) is 7.52. The molecule has 0 spiro atoms. The molecule has 0 atom stereocenters. The second kappa shape index (κ2) is 6.52. The molecule has 2 fully saturated rings. The third kappa shape index (κ3) is 3.48. The first-order chi connectivity index (χ1) is 9.05. The Morgan fingerprint density at radius 2 is 1.74 bits per heavy atom. The van der Waals surface area contributed by atoms with E-state index in [-0.39, 0.29) is 6.04 Å². The van der Waals surface area contributed by atoms with Crippen LogP contribution < -0.4 is 5.73 Å². The average molecular weight is 289 g/mol. The first-order valence-corrected chi connectivity index (χ1v) is 8.92. The van der Waals surface area contributed by atoms with Gasteiger partial charge in [0.1, 0.15) is 0 Å². The van der Waals surface area contributed by atoms with Crippen molar-refractivity contribution in [2.45, 2.75) is 51.5 Å².